The van der Waals surface area contributed by atoms with E-state index < -0.39 is 0 Å². The second-order valence-electron chi connectivity index (χ2n) is 3.13. The molecule has 2 heteroatoms. The van der Waals surface area contributed by atoms with Crippen LogP contribution in [0.4, 0.5) is 0 Å². The maximum Gasteiger partial charge on any atom is 0.176 e. The van der Waals surface area contributed by atoms with Gasteiger partial charge in [0.25, 0.3) is 0 Å². The lowest BCUT2D eigenvalue weighted by molar-refractivity contribution is 0.0982. The van der Waals surface area contributed by atoms with Crippen molar-refractivity contribution in [3.63, 3.8) is 0 Å². The van der Waals surface area contributed by atoms with E-state index in [-0.39, 0.29) is 5.78 Å². The van der Waals surface area contributed by atoms with Crippen LogP contribution in [0.3, 0.4) is 0 Å². The molecule has 0 aromatic heterocycles. The third-order valence-electron chi connectivity index (χ3n) is 2.30. The van der Waals surface area contributed by atoms with Crippen LogP contribution in [0.2, 0.25) is 0 Å². The molecule has 62 valence electrons. The van der Waals surface area contributed by atoms with E-state index in [1.165, 1.54) is 5.56 Å². The molecule has 0 spiro atoms. The second-order valence-corrected chi connectivity index (χ2v) is 3.13. The fourth-order valence-electron chi connectivity index (χ4n) is 1.59. The van der Waals surface area contributed by atoms with Crippen molar-refractivity contribution in [1.29, 1.82) is 0 Å². The van der Waals surface area contributed by atoms with Gasteiger partial charge in [-0.15, -0.1) is 0 Å². The molecule has 2 rings (SSSR count). The van der Waals surface area contributed by atoms with Gasteiger partial charge in [0.15, 0.2) is 5.78 Å². The van der Waals surface area contributed by atoms with Crippen LogP contribution >= 0.6 is 0 Å². The van der Waals surface area contributed by atoms with Crippen molar-refractivity contribution in [2.45, 2.75) is 13.5 Å². The number of ketones is 1. The highest BCUT2D eigenvalue weighted by molar-refractivity contribution is 6.00. The molecule has 0 aliphatic carbocycles. The van der Waals surface area contributed by atoms with Crippen LogP contribution in [-0.2, 0) is 6.54 Å². The normalized spacial score (nSPS) is 15.9. The van der Waals surface area contributed by atoms with Gasteiger partial charge in [0.05, 0.1) is 6.54 Å². The van der Waals surface area contributed by atoms with Gasteiger partial charge in [-0.05, 0) is 18.1 Å². The first-order valence-corrected chi connectivity index (χ1v) is 4.11. The second kappa shape index (κ2) is 2.72. The molecule has 1 aromatic carbocycles. The van der Waals surface area contributed by atoms with Crippen molar-refractivity contribution in [1.82, 2.24) is 5.32 Å². The Morgan fingerprint density at radius 3 is 2.92 bits per heavy atom. The number of aryl methyl sites for hydroxylation is 1. The van der Waals surface area contributed by atoms with Crippen LogP contribution in [0.5, 0.6) is 0 Å². The summed E-state index contributed by atoms with van der Waals surface area (Å²) >= 11 is 0. The van der Waals surface area contributed by atoms with Gasteiger partial charge >= 0.3 is 0 Å². The van der Waals surface area contributed by atoms with Crippen LogP contribution < -0.4 is 5.32 Å². The quantitative estimate of drug-likeness (QED) is 0.621. The highest BCUT2D eigenvalue weighted by Gasteiger charge is 2.16. The molecule has 1 aliphatic rings. The number of Topliss-reactive ketones (excluding diaryl/α,β-unsaturated/α-hetero) is 1. The highest BCUT2D eigenvalue weighted by Crippen LogP contribution is 2.17. The van der Waals surface area contributed by atoms with E-state index in [2.05, 4.69) is 5.32 Å². The minimum Gasteiger partial charge on any atom is -0.306 e. The summed E-state index contributed by atoms with van der Waals surface area (Å²) in [6.07, 6.45) is 0. The summed E-state index contributed by atoms with van der Waals surface area (Å²) in [7, 11) is 0. The van der Waals surface area contributed by atoms with Gasteiger partial charge in [-0.25, -0.2) is 0 Å². The minimum atomic E-state index is 0.208. The predicted octanol–water partition coefficient (Wildman–Crippen LogP) is 1.28. The molecule has 1 aliphatic heterocycles. The average molecular weight is 161 g/mol. The van der Waals surface area contributed by atoms with Gasteiger partial charge in [0.1, 0.15) is 0 Å². The number of carbonyl (C=O) groups is 1. The number of hydrogen-bond acceptors (Lipinski definition) is 2. The fourth-order valence-corrected chi connectivity index (χ4v) is 1.59. The van der Waals surface area contributed by atoms with Gasteiger partial charge in [-0.2, -0.15) is 0 Å². The van der Waals surface area contributed by atoms with Crippen molar-refractivity contribution in [3.05, 3.63) is 34.9 Å². The Kier molecular flexibility index (Phi) is 1.70. The number of benzene rings is 1. The zero-order valence-electron chi connectivity index (χ0n) is 7.05. The van der Waals surface area contributed by atoms with Crippen molar-refractivity contribution < 1.29 is 4.79 Å². The molecule has 0 radical (unpaired) electrons. The largest absolute Gasteiger partial charge is 0.306 e. The van der Waals surface area contributed by atoms with E-state index in [1.807, 2.05) is 25.1 Å². The van der Waals surface area contributed by atoms with E-state index in [9.17, 15) is 4.79 Å². The van der Waals surface area contributed by atoms with Crippen LogP contribution in [-0.4, -0.2) is 12.3 Å². The SMILES string of the molecule is Cc1cccc2c1CNCC2=O. The lowest BCUT2D eigenvalue weighted by atomic mass is 9.96. The molecule has 0 atom stereocenters. The van der Waals surface area contributed by atoms with Gasteiger partial charge in [-0.3, -0.25) is 4.79 Å². The lowest BCUT2D eigenvalue weighted by Gasteiger charge is -2.17. The number of fused-ring (bicyclic) bond motifs is 1. The number of carbonyl (C=O) groups excluding carboxylic acids is 1. The fraction of sp³-hybridized carbons (Fsp3) is 0.300. The van der Waals surface area contributed by atoms with Crippen LogP contribution in [0.1, 0.15) is 21.5 Å². The van der Waals surface area contributed by atoms with Crippen LogP contribution in [0.15, 0.2) is 18.2 Å². The Balaban J connectivity index is 2.59. The Labute approximate surface area is 71.6 Å². The molecule has 1 N–H and O–H groups in total. The molecule has 0 fully saturated rings. The van der Waals surface area contributed by atoms with E-state index in [4.69, 9.17) is 0 Å². The number of rotatable bonds is 0. The first-order valence-electron chi connectivity index (χ1n) is 4.11. The Bertz CT molecular complexity index is 331. The molecule has 0 bridgehead atoms. The van der Waals surface area contributed by atoms with E-state index >= 15 is 0 Å². The molecule has 0 saturated heterocycles. The summed E-state index contributed by atoms with van der Waals surface area (Å²) in [4.78, 5) is 11.4. The molecule has 1 heterocycles. The monoisotopic (exact) mass is 161 g/mol. The maximum atomic E-state index is 11.4. The maximum absolute atomic E-state index is 11.4. The van der Waals surface area contributed by atoms with Crippen LogP contribution in [0.25, 0.3) is 0 Å². The summed E-state index contributed by atoms with van der Waals surface area (Å²) in [6.45, 7) is 3.35. The first-order chi connectivity index (χ1) is 5.79. The Hall–Kier alpha value is -1.15. The van der Waals surface area contributed by atoms with Crippen molar-refractivity contribution in [3.8, 4) is 0 Å². The van der Waals surface area contributed by atoms with Crippen molar-refractivity contribution in [2.24, 2.45) is 0 Å². The van der Waals surface area contributed by atoms with Crippen LogP contribution in [0, 0.1) is 6.92 Å². The Morgan fingerprint density at radius 1 is 1.33 bits per heavy atom. The average Bonchev–Trinajstić information content (AvgIpc) is 2.07. The molecule has 0 saturated carbocycles. The summed E-state index contributed by atoms with van der Waals surface area (Å²) in [5.41, 5.74) is 3.26. The third-order valence-corrected chi connectivity index (χ3v) is 2.30. The summed E-state index contributed by atoms with van der Waals surface area (Å²) in [5, 5.41) is 3.08. The third kappa shape index (κ3) is 1.04. The number of hydrogen-bond donors (Lipinski definition) is 1. The Morgan fingerprint density at radius 2 is 2.17 bits per heavy atom. The predicted molar refractivity (Wildman–Crippen MR) is 47.2 cm³/mol. The first kappa shape index (κ1) is 7.50. The highest BCUT2D eigenvalue weighted by atomic mass is 16.1. The lowest BCUT2D eigenvalue weighted by Crippen LogP contribution is -2.30. The smallest absolute Gasteiger partial charge is 0.176 e. The summed E-state index contributed by atoms with van der Waals surface area (Å²) < 4.78 is 0. The minimum absolute atomic E-state index is 0.208. The molecule has 2 nitrogen and oxygen atoms in total. The standard InChI is InChI=1S/C10H11NO/c1-7-3-2-4-8-9(7)5-11-6-10(8)12/h2-4,11H,5-6H2,1H3. The van der Waals surface area contributed by atoms with Crippen molar-refractivity contribution in [2.75, 3.05) is 6.54 Å². The summed E-state index contributed by atoms with van der Waals surface area (Å²) in [5.74, 6) is 0.208. The van der Waals surface area contributed by atoms with Gasteiger partial charge < -0.3 is 5.32 Å². The zero-order valence-corrected chi connectivity index (χ0v) is 7.05. The van der Waals surface area contributed by atoms with E-state index in [1.54, 1.807) is 0 Å². The molecule has 1 aromatic rings. The topological polar surface area (TPSA) is 29.1 Å². The van der Waals surface area contributed by atoms with Gasteiger partial charge in [-0.1, -0.05) is 18.2 Å². The van der Waals surface area contributed by atoms with Gasteiger partial charge in [0, 0.05) is 12.1 Å². The zero-order chi connectivity index (χ0) is 8.55. The molecule has 0 amide bonds. The molecular weight excluding hydrogens is 150 g/mol. The molecular formula is C10H11NO. The van der Waals surface area contributed by atoms with E-state index in [0.717, 1.165) is 17.7 Å². The van der Waals surface area contributed by atoms with Gasteiger partial charge in [0.2, 0.25) is 0 Å². The van der Waals surface area contributed by atoms with Crippen molar-refractivity contribution >= 4 is 5.78 Å². The van der Waals surface area contributed by atoms with E-state index in [0.29, 0.717) is 6.54 Å². The number of nitrogens with one attached hydrogen (secondary N) is 1. The molecule has 12 heavy (non-hydrogen) atoms. The molecule has 0 unspecified atom stereocenters. The summed E-state index contributed by atoms with van der Waals surface area (Å²) in [6, 6.07) is 5.89.